The Bertz CT molecular complexity index is 1170. The topological polar surface area (TPSA) is 200 Å². The fraction of sp³-hybridized carbons (Fsp3) is 0.273. The summed E-state index contributed by atoms with van der Waals surface area (Å²) >= 11 is 0. The molecule has 3 amide bonds. The third-order valence-electron chi connectivity index (χ3n) is 4.79. The number of hydrogen-bond donors (Lipinski definition) is 5. The van der Waals surface area contributed by atoms with Gasteiger partial charge in [-0.25, -0.2) is 19.5 Å². The van der Waals surface area contributed by atoms with E-state index in [-0.39, 0.29) is 34.3 Å². The second kappa shape index (κ2) is 12.1. The van der Waals surface area contributed by atoms with Crippen molar-refractivity contribution < 1.29 is 33.8 Å². The maximum absolute atomic E-state index is 13.2. The molecule has 0 bridgehead atoms. The first-order valence-corrected chi connectivity index (χ1v) is 10.3. The van der Waals surface area contributed by atoms with Gasteiger partial charge in [0.1, 0.15) is 12.9 Å². The number of esters is 1. The number of anilines is 1. The number of carbonyl (C=O) groups is 4. The standard InChI is InChI=1S/C22H26N6O7/c1-4-25-21(32)15-8-26-18(13(15)3)20(27-10-23)28(22(33)35-11-34-17(30)9-29)16-7-14(19(24)31)6-5-12(16)2/h5-8,10,23,26,29H,4,9,11H2,1-3H3,(H2,24,31)(H,25,32). The summed E-state index contributed by atoms with van der Waals surface area (Å²) in [7, 11) is 0. The summed E-state index contributed by atoms with van der Waals surface area (Å²) in [4.78, 5) is 56.4. The highest BCUT2D eigenvalue weighted by Crippen LogP contribution is 2.26. The van der Waals surface area contributed by atoms with E-state index in [9.17, 15) is 19.2 Å². The summed E-state index contributed by atoms with van der Waals surface area (Å²) in [6.07, 6.45) is 1.02. The number of ether oxygens (including phenoxy) is 2. The predicted octanol–water partition coefficient (Wildman–Crippen LogP) is 0.970. The number of aliphatic hydroxyl groups excluding tert-OH is 1. The number of aliphatic imine (C=N–C) groups is 1. The van der Waals surface area contributed by atoms with Gasteiger partial charge in [0.25, 0.3) is 5.91 Å². The van der Waals surface area contributed by atoms with Crippen LogP contribution in [0.3, 0.4) is 0 Å². The lowest BCUT2D eigenvalue weighted by Crippen LogP contribution is -2.40. The number of nitrogens with zero attached hydrogens (tertiary/aromatic N) is 2. The van der Waals surface area contributed by atoms with E-state index in [0.717, 1.165) is 4.90 Å². The lowest BCUT2D eigenvalue weighted by molar-refractivity contribution is -0.154. The quantitative estimate of drug-likeness (QED) is 0.150. The molecule has 0 fully saturated rings. The predicted molar refractivity (Wildman–Crippen MR) is 126 cm³/mol. The molecule has 186 valence electrons. The molecular weight excluding hydrogens is 460 g/mol. The van der Waals surface area contributed by atoms with Crippen LogP contribution in [0.5, 0.6) is 0 Å². The molecule has 0 aliphatic rings. The number of carbonyl (C=O) groups excluding carboxylic acids is 4. The van der Waals surface area contributed by atoms with Crippen molar-refractivity contribution in [3.8, 4) is 0 Å². The maximum atomic E-state index is 13.2. The highest BCUT2D eigenvalue weighted by atomic mass is 16.7. The molecule has 0 unspecified atom stereocenters. The zero-order valence-electron chi connectivity index (χ0n) is 19.4. The van der Waals surface area contributed by atoms with Crippen LogP contribution in [0.4, 0.5) is 10.5 Å². The number of hydrogen-bond acceptors (Lipinski definition) is 8. The van der Waals surface area contributed by atoms with E-state index < -0.39 is 31.4 Å². The van der Waals surface area contributed by atoms with Crippen molar-refractivity contribution in [2.24, 2.45) is 10.7 Å². The Morgan fingerprint density at radius 1 is 1.26 bits per heavy atom. The molecule has 0 aliphatic heterocycles. The third kappa shape index (κ3) is 6.29. The minimum absolute atomic E-state index is 0.0792. The summed E-state index contributed by atoms with van der Waals surface area (Å²) < 4.78 is 9.63. The SMILES string of the molecule is CCNC(=O)c1c[nH]c(C(=NC=N)N(C(=O)OCOC(=O)CO)c2cc(C(N)=O)ccc2C)c1C. The number of benzene rings is 1. The molecule has 0 aliphatic carbocycles. The van der Waals surface area contributed by atoms with Crippen molar-refractivity contribution in [2.75, 3.05) is 24.8 Å². The van der Waals surface area contributed by atoms with E-state index in [2.05, 4.69) is 20.0 Å². The lowest BCUT2D eigenvalue weighted by Gasteiger charge is -2.25. The van der Waals surface area contributed by atoms with E-state index in [1.165, 1.54) is 18.3 Å². The second-order valence-corrected chi connectivity index (χ2v) is 7.05. The summed E-state index contributed by atoms with van der Waals surface area (Å²) in [6.45, 7) is 3.69. The Hall–Kier alpha value is -4.52. The number of H-pyrrole nitrogens is 1. The molecule has 0 saturated carbocycles. The molecule has 1 heterocycles. The normalized spacial score (nSPS) is 10.9. The zero-order valence-corrected chi connectivity index (χ0v) is 19.4. The smallest absolute Gasteiger partial charge is 0.423 e. The molecule has 0 saturated heterocycles. The van der Waals surface area contributed by atoms with Crippen LogP contribution in [-0.2, 0) is 14.3 Å². The molecule has 0 radical (unpaired) electrons. The first-order valence-electron chi connectivity index (χ1n) is 10.3. The summed E-state index contributed by atoms with van der Waals surface area (Å²) in [5.41, 5.74) is 7.04. The largest absolute Gasteiger partial charge is 0.426 e. The number of amides is 3. The molecule has 6 N–H and O–H groups in total. The first kappa shape index (κ1) is 26.7. The van der Waals surface area contributed by atoms with Crippen molar-refractivity contribution >= 4 is 41.7 Å². The van der Waals surface area contributed by atoms with Crippen molar-refractivity contribution in [3.63, 3.8) is 0 Å². The monoisotopic (exact) mass is 486 g/mol. The number of nitrogens with two attached hydrogens (primary N) is 1. The zero-order chi connectivity index (χ0) is 26.1. The number of aromatic nitrogens is 1. The van der Waals surface area contributed by atoms with Crippen LogP contribution in [-0.4, -0.2) is 66.1 Å². The Morgan fingerprint density at radius 3 is 2.57 bits per heavy atom. The van der Waals surface area contributed by atoms with Gasteiger partial charge in [-0.1, -0.05) is 6.07 Å². The molecule has 1 aromatic carbocycles. The molecular formula is C22H26N6O7. The molecule has 1 aromatic heterocycles. The number of aromatic amines is 1. The van der Waals surface area contributed by atoms with Gasteiger partial charge in [-0.2, -0.15) is 0 Å². The maximum Gasteiger partial charge on any atom is 0.423 e. The van der Waals surface area contributed by atoms with Crippen molar-refractivity contribution in [2.45, 2.75) is 20.8 Å². The summed E-state index contributed by atoms with van der Waals surface area (Å²) in [5.74, 6) is -2.28. The fourth-order valence-corrected chi connectivity index (χ4v) is 3.07. The molecule has 0 spiro atoms. The van der Waals surface area contributed by atoms with Crippen LogP contribution in [0.25, 0.3) is 0 Å². The molecule has 2 aromatic rings. The Morgan fingerprint density at radius 2 is 1.97 bits per heavy atom. The number of amidine groups is 1. The third-order valence-corrected chi connectivity index (χ3v) is 4.79. The van der Waals surface area contributed by atoms with E-state index in [1.807, 2.05) is 0 Å². The lowest BCUT2D eigenvalue weighted by atomic mass is 10.1. The molecule has 13 heteroatoms. The summed E-state index contributed by atoms with van der Waals surface area (Å²) in [6, 6.07) is 4.35. The van der Waals surface area contributed by atoms with Crippen LogP contribution in [0.15, 0.2) is 29.4 Å². The number of rotatable bonds is 9. The van der Waals surface area contributed by atoms with E-state index in [1.54, 1.807) is 26.8 Å². The minimum Gasteiger partial charge on any atom is -0.426 e. The number of aryl methyl sites for hydroxylation is 1. The Labute approximate surface area is 200 Å². The van der Waals surface area contributed by atoms with Gasteiger partial charge < -0.3 is 30.6 Å². The second-order valence-electron chi connectivity index (χ2n) is 7.05. The van der Waals surface area contributed by atoms with Crippen LogP contribution < -0.4 is 16.0 Å². The molecule has 0 atom stereocenters. The van der Waals surface area contributed by atoms with Gasteiger partial charge in [-0.05, 0) is 44.0 Å². The van der Waals surface area contributed by atoms with Gasteiger partial charge >= 0.3 is 12.1 Å². The number of nitrogens with one attached hydrogen (secondary N) is 3. The minimum atomic E-state index is -1.09. The van der Waals surface area contributed by atoms with Crippen LogP contribution in [0, 0.1) is 19.3 Å². The van der Waals surface area contributed by atoms with Gasteiger partial charge in [0, 0.05) is 18.3 Å². The van der Waals surface area contributed by atoms with E-state index in [4.69, 9.17) is 21.0 Å². The van der Waals surface area contributed by atoms with Gasteiger partial charge in [0.15, 0.2) is 5.84 Å². The van der Waals surface area contributed by atoms with Crippen LogP contribution in [0.1, 0.15) is 44.5 Å². The Kier molecular flexibility index (Phi) is 9.23. The van der Waals surface area contributed by atoms with Crippen LogP contribution in [0.2, 0.25) is 0 Å². The van der Waals surface area contributed by atoms with Crippen LogP contribution >= 0.6 is 0 Å². The Balaban J connectivity index is 2.65. The average Bonchev–Trinajstić information content (AvgIpc) is 3.20. The summed E-state index contributed by atoms with van der Waals surface area (Å²) in [5, 5.41) is 19.0. The van der Waals surface area contributed by atoms with Gasteiger partial charge in [-0.15, -0.1) is 0 Å². The fourth-order valence-electron chi connectivity index (χ4n) is 3.07. The van der Waals surface area contributed by atoms with Gasteiger partial charge in [0.2, 0.25) is 12.7 Å². The van der Waals surface area contributed by atoms with Crippen molar-refractivity contribution in [3.05, 3.63) is 52.3 Å². The van der Waals surface area contributed by atoms with Gasteiger partial charge in [0.05, 0.1) is 16.9 Å². The first-order chi connectivity index (χ1) is 16.7. The molecule has 2 rings (SSSR count). The molecule has 13 nitrogen and oxygen atoms in total. The average molecular weight is 486 g/mol. The highest BCUT2D eigenvalue weighted by molar-refractivity contribution is 6.24. The van der Waals surface area contributed by atoms with E-state index in [0.29, 0.717) is 24.0 Å². The number of primary amides is 1. The number of aliphatic hydroxyl groups is 1. The van der Waals surface area contributed by atoms with Crippen molar-refractivity contribution in [1.82, 2.24) is 10.3 Å². The van der Waals surface area contributed by atoms with Crippen molar-refractivity contribution in [1.29, 1.82) is 5.41 Å². The highest BCUT2D eigenvalue weighted by Gasteiger charge is 2.30. The molecule has 35 heavy (non-hydrogen) atoms. The van der Waals surface area contributed by atoms with E-state index >= 15 is 0 Å². The van der Waals surface area contributed by atoms with Gasteiger partial charge in [-0.3, -0.25) is 15.0 Å².